The Balaban J connectivity index is 3.16. The first-order valence-electron chi connectivity index (χ1n) is 6.25. The zero-order valence-electron chi connectivity index (χ0n) is 11.1. The lowest BCUT2D eigenvalue weighted by molar-refractivity contribution is -0.137. The maximum absolute atomic E-state index is 10.7. The predicted octanol–water partition coefficient (Wildman–Crippen LogP) is 4.10. The zero-order chi connectivity index (χ0) is 12.4. The van der Waals surface area contributed by atoms with E-state index < -0.39 is 0 Å². The Morgan fingerprint density at radius 1 is 1.12 bits per heavy atom. The smallest absolute Gasteiger partial charge is 0.330 e. The summed E-state index contributed by atoms with van der Waals surface area (Å²) < 4.78 is 4.89. The number of ether oxygens (including phenoxy) is 1. The molecule has 0 saturated carbocycles. The van der Waals surface area contributed by atoms with Gasteiger partial charge >= 0.3 is 5.97 Å². The number of hydrogen-bond donors (Lipinski definition) is 0. The molecular formula is C14H26O2. The van der Waals surface area contributed by atoms with E-state index in [1.807, 2.05) is 0 Å². The Morgan fingerprint density at radius 2 is 1.69 bits per heavy atom. The average molecular weight is 226 g/mol. The monoisotopic (exact) mass is 226 g/mol. The summed E-state index contributed by atoms with van der Waals surface area (Å²) in [6.45, 7) is 10.7. The lowest BCUT2D eigenvalue weighted by Gasteiger charge is -2.17. The second-order valence-electron chi connectivity index (χ2n) is 5.45. The number of hydrogen-bond acceptors (Lipinski definition) is 2. The molecule has 0 fully saturated rings. The highest BCUT2D eigenvalue weighted by Crippen LogP contribution is 2.22. The van der Waals surface area contributed by atoms with E-state index in [4.69, 9.17) is 4.74 Å². The minimum atomic E-state index is -0.312. The normalized spacial score (nSPS) is 11.2. The quantitative estimate of drug-likeness (QED) is 0.354. The van der Waals surface area contributed by atoms with Crippen LogP contribution in [-0.2, 0) is 9.53 Å². The molecule has 2 nitrogen and oxygen atoms in total. The molecule has 0 amide bonds. The van der Waals surface area contributed by atoms with Crippen LogP contribution in [0, 0.1) is 5.41 Å². The van der Waals surface area contributed by atoms with Gasteiger partial charge in [0.2, 0.25) is 0 Å². The molecule has 2 heteroatoms. The summed E-state index contributed by atoms with van der Waals surface area (Å²) >= 11 is 0. The molecule has 0 aliphatic heterocycles. The third-order valence-electron chi connectivity index (χ3n) is 2.48. The molecule has 0 bridgehead atoms. The molecule has 0 rings (SSSR count). The molecule has 94 valence electrons. The van der Waals surface area contributed by atoms with E-state index in [2.05, 4.69) is 27.4 Å². The van der Waals surface area contributed by atoms with Crippen LogP contribution < -0.4 is 0 Å². The van der Waals surface area contributed by atoms with E-state index >= 15 is 0 Å². The number of esters is 1. The second-order valence-corrected chi connectivity index (χ2v) is 5.45. The van der Waals surface area contributed by atoms with Crippen LogP contribution in [-0.4, -0.2) is 12.6 Å². The van der Waals surface area contributed by atoms with Crippen molar-refractivity contribution in [2.45, 2.75) is 59.3 Å². The molecule has 0 aromatic rings. The standard InChI is InChI=1S/C14H26O2/c1-5-13(15)16-12-10-8-6-7-9-11-14(2,3)4/h5H,1,6-12H2,2-4H3. The Morgan fingerprint density at radius 3 is 2.25 bits per heavy atom. The van der Waals surface area contributed by atoms with Gasteiger partial charge in [-0.1, -0.05) is 53.0 Å². The van der Waals surface area contributed by atoms with Crippen molar-refractivity contribution in [1.82, 2.24) is 0 Å². The third kappa shape index (κ3) is 11.3. The Hall–Kier alpha value is -0.790. The van der Waals surface area contributed by atoms with Crippen LogP contribution in [0.25, 0.3) is 0 Å². The van der Waals surface area contributed by atoms with Crippen LogP contribution in [0.3, 0.4) is 0 Å². The maximum Gasteiger partial charge on any atom is 0.330 e. The third-order valence-corrected chi connectivity index (χ3v) is 2.48. The van der Waals surface area contributed by atoms with Crippen LogP contribution in [0.5, 0.6) is 0 Å². The molecule has 0 spiro atoms. The first-order valence-corrected chi connectivity index (χ1v) is 6.25. The number of carbonyl (C=O) groups excluding carboxylic acids is 1. The number of unbranched alkanes of at least 4 members (excludes halogenated alkanes) is 4. The van der Waals surface area contributed by atoms with E-state index in [1.165, 1.54) is 31.8 Å². The molecule has 16 heavy (non-hydrogen) atoms. The summed E-state index contributed by atoms with van der Waals surface area (Å²) in [5.41, 5.74) is 0.458. The van der Waals surface area contributed by atoms with Gasteiger partial charge in [-0.2, -0.15) is 0 Å². The van der Waals surface area contributed by atoms with Crippen LogP contribution >= 0.6 is 0 Å². The van der Waals surface area contributed by atoms with Gasteiger partial charge in [0.1, 0.15) is 0 Å². The summed E-state index contributed by atoms with van der Waals surface area (Å²) in [5.74, 6) is -0.312. The molecular weight excluding hydrogens is 200 g/mol. The van der Waals surface area contributed by atoms with Crippen molar-refractivity contribution in [1.29, 1.82) is 0 Å². The van der Waals surface area contributed by atoms with Crippen molar-refractivity contribution in [2.75, 3.05) is 6.61 Å². The zero-order valence-corrected chi connectivity index (χ0v) is 11.1. The highest BCUT2D eigenvalue weighted by Gasteiger charge is 2.08. The summed E-state index contributed by atoms with van der Waals surface area (Å²) in [6, 6.07) is 0. The van der Waals surface area contributed by atoms with Crippen LogP contribution in [0.1, 0.15) is 59.3 Å². The molecule has 0 aromatic heterocycles. The lowest BCUT2D eigenvalue weighted by atomic mass is 9.89. The fourth-order valence-electron chi connectivity index (χ4n) is 1.52. The minimum absolute atomic E-state index is 0.312. The molecule has 0 atom stereocenters. The van der Waals surface area contributed by atoms with Gasteiger partial charge in [0.05, 0.1) is 6.61 Å². The molecule has 0 N–H and O–H groups in total. The van der Waals surface area contributed by atoms with Crippen molar-refractivity contribution in [3.63, 3.8) is 0 Å². The Kier molecular flexibility index (Phi) is 7.96. The van der Waals surface area contributed by atoms with E-state index in [9.17, 15) is 4.79 Å². The summed E-state index contributed by atoms with van der Waals surface area (Å²) in [6.07, 6.45) is 8.44. The van der Waals surface area contributed by atoms with E-state index in [0.29, 0.717) is 12.0 Å². The largest absolute Gasteiger partial charge is 0.463 e. The van der Waals surface area contributed by atoms with Gasteiger partial charge in [-0.25, -0.2) is 4.79 Å². The Labute approximate surface area is 100 Å². The summed E-state index contributed by atoms with van der Waals surface area (Å²) in [7, 11) is 0. The van der Waals surface area contributed by atoms with Gasteiger partial charge < -0.3 is 4.74 Å². The molecule has 0 aliphatic carbocycles. The first-order chi connectivity index (χ1) is 7.45. The summed E-state index contributed by atoms with van der Waals surface area (Å²) in [5, 5.41) is 0. The highest BCUT2D eigenvalue weighted by molar-refractivity contribution is 5.81. The fraction of sp³-hybridized carbons (Fsp3) is 0.786. The van der Waals surface area contributed by atoms with Crippen LogP contribution in [0.15, 0.2) is 12.7 Å². The molecule has 0 radical (unpaired) electrons. The maximum atomic E-state index is 10.7. The number of carbonyl (C=O) groups is 1. The second kappa shape index (κ2) is 8.37. The van der Waals surface area contributed by atoms with Gasteiger partial charge in [-0.3, -0.25) is 0 Å². The molecule has 0 aromatic carbocycles. The van der Waals surface area contributed by atoms with Crippen LogP contribution in [0.2, 0.25) is 0 Å². The van der Waals surface area contributed by atoms with Crippen molar-refractivity contribution in [3.8, 4) is 0 Å². The minimum Gasteiger partial charge on any atom is -0.463 e. The van der Waals surface area contributed by atoms with Crippen LogP contribution in [0.4, 0.5) is 0 Å². The molecule has 0 aliphatic rings. The average Bonchev–Trinajstić information content (AvgIpc) is 2.20. The Bertz CT molecular complexity index is 201. The van der Waals surface area contributed by atoms with Crippen molar-refractivity contribution < 1.29 is 9.53 Å². The van der Waals surface area contributed by atoms with Gasteiger partial charge in [-0.15, -0.1) is 0 Å². The van der Waals surface area contributed by atoms with Gasteiger partial charge in [-0.05, 0) is 18.3 Å². The SMILES string of the molecule is C=CC(=O)OCCCCCCCC(C)(C)C. The lowest BCUT2D eigenvalue weighted by Crippen LogP contribution is -2.04. The van der Waals surface area contributed by atoms with Gasteiger partial charge in [0, 0.05) is 6.08 Å². The fourth-order valence-corrected chi connectivity index (χ4v) is 1.52. The molecule has 0 heterocycles. The van der Waals surface area contributed by atoms with E-state index in [-0.39, 0.29) is 5.97 Å². The topological polar surface area (TPSA) is 26.3 Å². The highest BCUT2D eigenvalue weighted by atomic mass is 16.5. The molecule has 0 saturated heterocycles. The number of rotatable bonds is 8. The van der Waals surface area contributed by atoms with Crippen molar-refractivity contribution in [2.24, 2.45) is 5.41 Å². The first kappa shape index (κ1) is 15.2. The summed E-state index contributed by atoms with van der Waals surface area (Å²) in [4.78, 5) is 10.7. The van der Waals surface area contributed by atoms with Crippen molar-refractivity contribution >= 4 is 5.97 Å². The molecule has 0 unspecified atom stereocenters. The van der Waals surface area contributed by atoms with Gasteiger partial charge in [0.15, 0.2) is 0 Å². The van der Waals surface area contributed by atoms with E-state index in [0.717, 1.165) is 12.8 Å². The van der Waals surface area contributed by atoms with Crippen molar-refractivity contribution in [3.05, 3.63) is 12.7 Å². The van der Waals surface area contributed by atoms with Gasteiger partial charge in [0.25, 0.3) is 0 Å². The van der Waals surface area contributed by atoms with E-state index in [1.54, 1.807) is 0 Å². The predicted molar refractivity (Wildman–Crippen MR) is 68.3 cm³/mol.